The fourth-order valence-electron chi connectivity index (χ4n) is 5.34. The minimum absolute atomic E-state index is 0.0600. The minimum atomic E-state index is -0.653. The smallest absolute Gasteiger partial charge is 0.163 e. The molecule has 0 bridgehead atoms. The summed E-state index contributed by atoms with van der Waals surface area (Å²) < 4.78 is 26.6. The molecule has 0 unspecified atom stereocenters. The zero-order chi connectivity index (χ0) is 23.2. The van der Waals surface area contributed by atoms with Gasteiger partial charge in [-0.3, -0.25) is 0 Å². The van der Waals surface area contributed by atoms with Crippen molar-refractivity contribution in [3.8, 4) is 5.75 Å². The van der Waals surface area contributed by atoms with Crippen molar-refractivity contribution in [3.05, 3.63) is 53.6 Å². The lowest BCUT2D eigenvalue weighted by Crippen LogP contribution is -2.39. The highest BCUT2D eigenvalue weighted by Gasteiger charge is 2.61. The summed E-state index contributed by atoms with van der Waals surface area (Å²) in [6, 6.07) is 10.0. The molecule has 1 aliphatic carbocycles. The number of methoxy groups -OCH3 is 1. The van der Waals surface area contributed by atoms with E-state index in [-0.39, 0.29) is 23.7 Å². The van der Waals surface area contributed by atoms with Crippen LogP contribution < -0.4 is 4.74 Å². The summed E-state index contributed by atoms with van der Waals surface area (Å²) >= 11 is 6.31. The first-order chi connectivity index (χ1) is 15.9. The quantitative estimate of drug-likeness (QED) is 0.443. The van der Waals surface area contributed by atoms with Crippen LogP contribution in [0.4, 0.5) is 0 Å². The Bertz CT molecular complexity index is 1130. The number of aromatic nitrogens is 3. The van der Waals surface area contributed by atoms with Gasteiger partial charge in [0.1, 0.15) is 29.0 Å². The molecule has 7 nitrogen and oxygen atoms in total. The Kier molecular flexibility index (Phi) is 5.85. The molecule has 3 aromatic rings. The van der Waals surface area contributed by atoms with Crippen molar-refractivity contribution < 1.29 is 18.9 Å². The third kappa shape index (κ3) is 4.01. The van der Waals surface area contributed by atoms with Gasteiger partial charge in [-0.05, 0) is 50.5 Å². The molecular formula is C25H30ClN3O4. The molecule has 1 saturated carbocycles. The largest absolute Gasteiger partial charge is 0.497 e. The highest BCUT2D eigenvalue weighted by molar-refractivity contribution is 6.33. The van der Waals surface area contributed by atoms with Gasteiger partial charge in [-0.15, -0.1) is 0 Å². The average Bonchev–Trinajstić information content (AvgIpc) is 3.45. The van der Waals surface area contributed by atoms with Crippen molar-refractivity contribution in [1.82, 2.24) is 14.5 Å². The molecule has 176 valence electrons. The van der Waals surface area contributed by atoms with Gasteiger partial charge in [0, 0.05) is 11.6 Å². The Morgan fingerprint density at radius 3 is 2.67 bits per heavy atom. The normalized spacial score (nSPS) is 28.3. The Labute approximate surface area is 199 Å². The summed E-state index contributed by atoms with van der Waals surface area (Å²) in [4.78, 5) is 8.64. The van der Waals surface area contributed by atoms with Crippen LogP contribution in [0.2, 0.25) is 5.15 Å². The summed E-state index contributed by atoms with van der Waals surface area (Å²) in [7, 11) is 1.67. The van der Waals surface area contributed by atoms with E-state index in [4.69, 9.17) is 30.5 Å². The highest BCUT2D eigenvalue weighted by Crippen LogP contribution is 2.55. The van der Waals surface area contributed by atoms with Gasteiger partial charge < -0.3 is 23.5 Å². The Hall–Kier alpha value is -2.19. The van der Waals surface area contributed by atoms with E-state index in [1.54, 1.807) is 7.11 Å². The van der Waals surface area contributed by atoms with E-state index >= 15 is 0 Å². The molecule has 8 heteroatoms. The van der Waals surface area contributed by atoms with Crippen LogP contribution in [0.3, 0.4) is 0 Å². The number of nitrogens with zero attached hydrogens (tertiary/aromatic N) is 3. The standard InChI is InChI=1S/C25H30ClN3O4/c1-5-25(14-31-13-16-6-8-17(30-4)9-7-16)12-19(20-21(25)33-24(2,3)32-20)29-11-10-18-22(26)27-15-28-23(18)29/h6-11,15,19-21H,5,12-14H2,1-4H3/t19-,20+,21+,25+/m1/s1. The third-order valence-electron chi connectivity index (χ3n) is 7.07. The Morgan fingerprint density at radius 2 is 1.94 bits per heavy atom. The molecule has 3 heterocycles. The van der Waals surface area contributed by atoms with Gasteiger partial charge in [0.2, 0.25) is 0 Å². The van der Waals surface area contributed by atoms with Crippen molar-refractivity contribution in [1.29, 1.82) is 0 Å². The van der Waals surface area contributed by atoms with E-state index in [9.17, 15) is 0 Å². The van der Waals surface area contributed by atoms with E-state index < -0.39 is 5.79 Å². The molecule has 1 aliphatic heterocycles. The van der Waals surface area contributed by atoms with Gasteiger partial charge in [-0.25, -0.2) is 9.97 Å². The molecule has 0 N–H and O–H groups in total. The van der Waals surface area contributed by atoms with E-state index in [0.717, 1.165) is 35.2 Å². The third-order valence-corrected chi connectivity index (χ3v) is 7.37. The van der Waals surface area contributed by atoms with Crippen molar-refractivity contribution >= 4 is 22.6 Å². The van der Waals surface area contributed by atoms with Crippen LogP contribution in [0.25, 0.3) is 11.0 Å². The molecule has 5 rings (SSSR count). The molecule has 0 amide bonds. The van der Waals surface area contributed by atoms with Crippen LogP contribution in [0.15, 0.2) is 42.9 Å². The van der Waals surface area contributed by atoms with Crippen LogP contribution in [0.5, 0.6) is 5.75 Å². The van der Waals surface area contributed by atoms with Crippen LogP contribution in [-0.4, -0.2) is 46.2 Å². The second kappa shape index (κ2) is 8.55. The van der Waals surface area contributed by atoms with Gasteiger partial charge in [0.05, 0.1) is 37.9 Å². The Balaban J connectivity index is 1.41. The molecule has 2 fully saturated rings. The van der Waals surface area contributed by atoms with Crippen LogP contribution in [0.1, 0.15) is 45.2 Å². The molecule has 1 aromatic carbocycles. The summed E-state index contributed by atoms with van der Waals surface area (Å²) in [5.41, 5.74) is 1.75. The van der Waals surface area contributed by atoms with Gasteiger partial charge in [0.25, 0.3) is 0 Å². The predicted molar refractivity (Wildman–Crippen MR) is 125 cm³/mol. The number of ether oxygens (including phenoxy) is 4. The lowest BCUT2D eigenvalue weighted by molar-refractivity contribution is -0.175. The van der Waals surface area contributed by atoms with E-state index in [2.05, 4.69) is 21.5 Å². The van der Waals surface area contributed by atoms with E-state index in [1.807, 2.05) is 50.4 Å². The number of rotatable bonds is 7. The van der Waals surface area contributed by atoms with Gasteiger partial charge in [-0.2, -0.15) is 0 Å². The monoisotopic (exact) mass is 471 g/mol. The number of fused-ring (bicyclic) bond motifs is 2. The zero-order valence-corrected chi connectivity index (χ0v) is 20.2. The Morgan fingerprint density at radius 1 is 1.15 bits per heavy atom. The fourth-order valence-corrected chi connectivity index (χ4v) is 5.53. The van der Waals surface area contributed by atoms with Crippen LogP contribution in [-0.2, 0) is 20.8 Å². The first-order valence-corrected chi connectivity index (χ1v) is 11.8. The summed E-state index contributed by atoms with van der Waals surface area (Å²) in [6.07, 6.45) is 5.15. The number of hydrogen-bond acceptors (Lipinski definition) is 6. The van der Waals surface area contributed by atoms with Gasteiger partial charge >= 0.3 is 0 Å². The van der Waals surface area contributed by atoms with Crippen molar-refractivity contribution in [3.63, 3.8) is 0 Å². The molecular weight excluding hydrogens is 442 g/mol. The number of benzene rings is 1. The molecule has 4 atom stereocenters. The summed E-state index contributed by atoms with van der Waals surface area (Å²) in [5.74, 6) is 0.187. The van der Waals surface area contributed by atoms with Crippen molar-refractivity contribution in [2.45, 2.75) is 64.3 Å². The summed E-state index contributed by atoms with van der Waals surface area (Å²) in [5, 5.41) is 1.31. The van der Waals surface area contributed by atoms with E-state index in [1.165, 1.54) is 6.33 Å². The second-order valence-corrected chi connectivity index (χ2v) is 9.83. The summed E-state index contributed by atoms with van der Waals surface area (Å²) in [6.45, 7) is 7.29. The van der Waals surface area contributed by atoms with Crippen LogP contribution in [0, 0.1) is 5.41 Å². The first-order valence-electron chi connectivity index (χ1n) is 11.4. The van der Waals surface area contributed by atoms with Crippen molar-refractivity contribution in [2.24, 2.45) is 5.41 Å². The van der Waals surface area contributed by atoms with E-state index in [0.29, 0.717) is 18.4 Å². The molecule has 33 heavy (non-hydrogen) atoms. The highest BCUT2D eigenvalue weighted by atomic mass is 35.5. The molecule has 1 saturated heterocycles. The second-order valence-electron chi connectivity index (χ2n) is 9.47. The number of halogens is 1. The van der Waals surface area contributed by atoms with Crippen molar-refractivity contribution in [2.75, 3.05) is 13.7 Å². The van der Waals surface area contributed by atoms with Crippen LogP contribution >= 0.6 is 11.6 Å². The molecule has 2 aliphatic rings. The lowest BCUT2D eigenvalue weighted by atomic mass is 9.81. The maximum atomic E-state index is 6.49. The SMILES string of the molecule is CC[C@@]1(COCc2ccc(OC)cc2)C[C@@H](n2ccc3c(Cl)ncnc32)[C@@H]2OC(C)(C)O[C@@H]21. The number of hydrogen-bond donors (Lipinski definition) is 0. The predicted octanol–water partition coefficient (Wildman–Crippen LogP) is 5.17. The molecule has 0 radical (unpaired) electrons. The average molecular weight is 472 g/mol. The topological polar surface area (TPSA) is 67.6 Å². The minimum Gasteiger partial charge on any atom is -0.497 e. The fraction of sp³-hybridized carbons (Fsp3) is 0.520. The first kappa shape index (κ1) is 22.6. The molecule has 0 spiro atoms. The lowest BCUT2D eigenvalue weighted by Gasteiger charge is -2.34. The molecule has 2 aromatic heterocycles. The van der Waals surface area contributed by atoms with Gasteiger partial charge in [-0.1, -0.05) is 30.7 Å². The maximum Gasteiger partial charge on any atom is 0.163 e. The van der Waals surface area contributed by atoms with Gasteiger partial charge in [0.15, 0.2) is 5.79 Å². The maximum absolute atomic E-state index is 6.49. The zero-order valence-electron chi connectivity index (χ0n) is 19.5.